The normalized spacial score (nSPS) is 11.1. The van der Waals surface area contributed by atoms with Crippen molar-refractivity contribution in [3.05, 3.63) is 53.6 Å². The number of hydrogen-bond acceptors (Lipinski definition) is 8. The van der Waals surface area contributed by atoms with Crippen LogP contribution in [-0.2, 0) is 10.0 Å². The van der Waals surface area contributed by atoms with Gasteiger partial charge in [0.2, 0.25) is 5.13 Å². The number of hydrogen-bond donors (Lipinski definition) is 1. The number of carbonyl (C=O) groups excluding carboxylic acids is 1. The van der Waals surface area contributed by atoms with Gasteiger partial charge in [0.1, 0.15) is 0 Å². The highest BCUT2D eigenvalue weighted by Crippen LogP contribution is 2.29. The Balaban J connectivity index is 1.79. The first-order valence-corrected chi connectivity index (χ1v) is 10.9. The summed E-state index contributed by atoms with van der Waals surface area (Å²) in [4.78, 5) is 12.5. The molecule has 0 saturated carbocycles. The third-order valence-electron chi connectivity index (χ3n) is 4.25. The summed E-state index contributed by atoms with van der Waals surface area (Å²) in [7, 11) is 0.479. The Morgan fingerprint density at radius 2 is 1.70 bits per heavy atom. The molecule has 0 bridgehead atoms. The molecule has 0 saturated heterocycles. The number of nitrogens with zero attached hydrogens (tertiary/aromatic N) is 3. The van der Waals surface area contributed by atoms with Crippen LogP contribution in [0.5, 0.6) is 11.5 Å². The largest absolute Gasteiger partial charge is 0.493 e. The minimum absolute atomic E-state index is 0.0608. The number of ether oxygens (including phenoxy) is 2. The molecule has 1 aromatic heterocycles. The molecule has 158 valence electrons. The van der Waals surface area contributed by atoms with Gasteiger partial charge in [0.15, 0.2) is 11.5 Å². The summed E-state index contributed by atoms with van der Waals surface area (Å²) in [6.45, 7) is 1.91. The smallest absolute Gasteiger partial charge is 0.293 e. The summed E-state index contributed by atoms with van der Waals surface area (Å²) in [5.74, 6) is 0.394. The number of carbonyl (C=O) groups is 1. The molecule has 3 aromatic rings. The van der Waals surface area contributed by atoms with Gasteiger partial charge in [-0.05, 0) is 37.3 Å². The summed E-state index contributed by atoms with van der Waals surface area (Å²) < 4.78 is 36.9. The van der Waals surface area contributed by atoms with Crippen molar-refractivity contribution in [2.45, 2.75) is 11.3 Å². The molecule has 30 heavy (non-hydrogen) atoms. The van der Waals surface area contributed by atoms with Crippen molar-refractivity contribution in [3.8, 4) is 11.5 Å². The standard InChI is InChI=1S/C19H20N4O5S2/c1-12-5-8-14(9-6-12)23(2)30(25,26)19-22-21-18(29-19)20-17(24)13-7-10-15(27-3)16(11-13)28-4/h5-11H,1-4H3,(H,20,21,24). The fourth-order valence-electron chi connectivity index (χ4n) is 2.52. The van der Waals surface area contributed by atoms with Crippen LogP contribution >= 0.6 is 11.3 Å². The lowest BCUT2D eigenvalue weighted by Crippen LogP contribution is -2.26. The molecule has 0 atom stereocenters. The van der Waals surface area contributed by atoms with Crippen LogP contribution in [0.3, 0.4) is 0 Å². The molecular formula is C19H20N4O5S2. The van der Waals surface area contributed by atoms with Gasteiger partial charge in [-0.25, -0.2) is 0 Å². The van der Waals surface area contributed by atoms with E-state index in [1.165, 1.54) is 27.3 Å². The average molecular weight is 449 g/mol. The molecule has 9 nitrogen and oxygen atoms in total. The van der Waals surface area contributed by atoms with Crippen molar-refractivity contribution < 1.29 is 22.7 Å². The molecule has 11 heteroatoms. The van der Waals surface area contributed by atoms with Gasteiger partial charge < -0.3 is 9.47 Å². The zero-order valence-electron chi connectivity index (χ0n) is 16.7. The van der Waals surface area contributed by atoms with Gasteiger partial charge in [0.05, 0.1) is 19.9 Å². The van der Waals surface area contributed by atoms with Crippen LogP contribution in [0, 0.1) is 6.92 Å². The molecule has 0 spiro atoms. The van der Waals surface area contributed by atoms with Gasteiger partial charge >= 0.3 is 0 Å². The first-order valence-electron chi connectivity index (χ1n) is 8.68. The van der Waals surface area contributed by atoms with Crippen molar-refractivity contribution in [3.63, 3.8) is 0 Å². The number of sulfonamides is 1. The van der Waals surface area contributed by atoms with Crippen LogP contribution in [0.15, 0.2) is 46.8 Å². The Morgan fingerprint density at radius 1 is 1.03 bits per heavy atom. The number of aromatic nitrogens is 2. The van der Waals surface area contributed by atoms with E-state index in [0.717, 1.165) is 21.2 Å². The van der Waals surface area contributed by atoms with Crippen molar-refractivity contribution in [2.24, 2.45) is 0 Å². The van der Waals surface area contributed by atoms with Crippen LogP contribution in [0.25, 0.3) is 0 Å². The maximum Gasteiger partial charge on any atom is 0.293 e. The second-order valence-electron chi connectivity index (χ2n) is 6.21. The van der Waals surface area contributed by atoms with Crippen LogP contribution in [0.1, 0.15) is 15.9 Å². The maximum atomic E-state index is 12.8. The molecule has 3 rings (SSSR count). The second-order valence-corrected chi connectivity index (χ2v) is 9.33. The Hall–Kier alpha value is -3.18. The second kappa shape index (κ2) is 8.67. The Kier molecular flexibility index (Phi) is 6.22. The van der Waals surface area contributed by atoms with Gasteiger partial charge in [-0.15, -0.1) is 10.2 Å². The molecule has 0 aliphatic heterocycles. The van der Waals surface area contributed by atoms with Gasteiger partial charge in [-0.3, -0.25) is 14.4 Å². The summed E-state index contributed by atoms with van der Waals surface area (Å²) in [6, 6.07) is 11.7. The molecule has 0 aliphatic carbocycles. The Labute approximate surface area is 178 Å². The van der Waals surface area contributed by atoms with Crippen molar-refractivity contribution in [1.29, 1.82) is 0 Å². The van der Waals surface area contributed by atoms with Gasteiger partial charge in [0, 0.05) is 12.6 Å². The number of nitrogens with one attached hydrogen (secondary N) is 1. The Bertz CT molecular complexity index is 1160. The quantitative estimate of drug-likeness (QED) is 0.553. The number of rotatable bonds is 7. The van der Waals surface area contributed by atoms with Crippen molar-refractivity contribution in [1.82, 2.24) is 10.2 Å². The molecule has 0 aliphatic rings. The van der Waals surface area contributed by atoms with Crippen molar-refractivity contribution in [2.75, 3.05) is 30.9 Å². The molecule has 0 fully saturated rings. The first kappa shape index (κ1) is 21.5. The highest BCUT2D eigenvalue weighted by Gasteiger charge is 2.26. The van der Waals surface area contributed by atoms with E-state index in [9.17, 15) is 13.2 Å². The van der Waals surface area contributed by atoms with Crippen LogP contribution in [0.2, 0.25) is 0 Å². The third kappa shape index (κ3) is 4.36. The average Bonchev–Trinajstić information content (AvgIpc) is 3.22. The summed E-state index contributed by atoms with van der Waals surface area (Å²) >= 11 is 0.767. The predicted octanol–water partition coefficient (Wildman–Crippen LogP) is 2.94. The highest BCUT2D eigenvalue weighted by atomic mass is 32.2. The van der Waals surface area contributed by atoms with Crippen LogP contribution in [0.4, 0.5) is 10.8 Å². The SMILES string of the molecule is COc1ccc(C(=O)Nc2nnc(S(=O)(=O)N(C)c3ccc(C)cc3)s2)cc1OC. The maximum absolute atomic E-state index is 12.8. The van der Waals surface area contributed by atoms with Gasteiger partial charge in [0.25, 0.3) is 20.3 Å². The molecule has 1 heterocycles. The van der Waals surface area contributed by atoms with E-state index in [-0.39, 0.29) is 9.47 Å². The lowest BCUT2D eigenvalue weighted by atomic mass is 10.2. The number of aryl methyl sites for hydroxylation is 1. The number of benzene rings is 2. The molecule has 1 amide bonds. The number of methoxy groups -OCH3 is 2. The zero-order chi connectivity index (χ0) is 21.9. The highest BCUT2D eigenvalue weighted by molar-refractivity contribution is 7.94. The lowest BCUT2D eigenvalue weighted by Gasteiger charge is -2.17. The van der Waals surface area contributed by atoms with E-state index in [2.05, 4.69) is 15.5 Å². The minimum atomic E-state index is -3.91. The molecular weight excluding hydrogens is 428 g/mol. The Morgan fingerprint density at radius 3 is 2.33 bits per heavy atom. The van der Waals surface area contributed by atoms with E-state index in [1.807, 2.05) is 19.1 Å². The summed E-state index contributed by atoms with van der Waals surface area (Å²) in [5.41, 5.74) is 1.80. The van der Waals surface area contributed by atoms with E-state index in [4.69, 9.17) is 9.47 Å². The van der Waals surface area contributed by atoms with E-state index < -0.39 is 15.9 Å². The zero-order valence-corrected chi connectivity index (χ0v) is 18.4. The van der Waals surface area contributed by atoms with Gasteiger partial charge in [-0.2, -0.15) is 8.42 Å². The van der Waals surface area contributed by atoms with E-state index in [0.29, 0.717) is 22.7 Å². The topological polar surface area (TPSA) is 111 Å². The van der Waals surface area contributed by atoms with Crippen LogP contribution < -0.4 is 19.1 Å². The molecule has 0 unspecified atom stereocenters. The fourth-order valence-corrected chi connectivity index (χ4v) is 4.77. The number of anilines is 2. The molecule has 1 N–H and O–H groups in total. The molecule has 0 radical (unpaired) electrons. The predicted molar refractivity (Wildman–Crippen MR) is 114 cm³/mol. The number of amides is 1. The van der Waals surface area contributed by atoms with E-state index >= 15 is 0 Å². The fraction of sp³-hybridized carbons (Fsp3) is 0.211. The first-order chi connectivity index (χ1) is 14.3. The monoisotopic (exact) mass is 448 g/mol. The lowest BCUT2D eigenvalue weighted by molar-refractivity contribution is 0.102. The minimum Gasteiger partial charge on any atom is -0.493 e. The molecule has 2 aromatic carbocycles. The summed E-state index contributed by atoms with van der Waals surface area (Å²) in [6.07, 6.45) is 0. The summed E-state index contributed by atoms with van der Waals surface area (Å²) in [5, 5.41) is 10.1. The van der Waals surface area contributed by atoms with Gasteiger partial charge in [-0.1, -0.05) is 29.0 Å². The van der Waals surface area contributed by atoms with Crippen LogP contribution in [-0.4, -0.2) is 45.8 Å². The van der Waals surface area contributed by atoms with E-state index in [1.54, 1.807) is 24.3 Å². The van der Waals surface area contributed by atoms with Crippen molar-refractivity contribution >= 4 is 38.1 Å². The third-order valence-corrected chi connectivity index (χ3v) is 7.22.